The van der Waals surface area contributed by atoms with Crippen molar-refractivity contribution in [3.8, 4) is 0 Å². The minimum atomic E-state index is -2.50. The lowest BCUT2D eigenvalue weighted by Crippen LogP contribution is -2.61. The van der Waals surface area contributed by atoms with Crippen molar-refractivity contribution in [1.82, 2.24) is 14.7 Å². The second kappa shape index (κ2) is 33.1. The molecule has 6 rings (SSSR count). The lowest BCUT2D eigenvalue weighted by Gasteiger charge is -2.43. The first-order valence-electron chi connectivity index (χ1n) is 30.6. The molecule has 20 heteroatoms. The maximum atomic E-state index is 14.7. The van der Waals surface area contributed by atoms with Crippen LogP contribution >= 0.6 is 0 Å². The fraction of sp³-hybridized carbons (Fsp3) is 0.778. The van der Waals surface area contributed by atoms with Crippen molar-refractivity contribution in [2.45, 2.75) is 186 Å². The summed E-state index contributed by atoms with van der Waals surface area (Å²) in [6, 6.07) is -1.19. The van der Waals surface area contributed by atoms with E-state index in [2.05, 4.69) is 4.90 Å². The fourth-order valence-corrected chi connectivity index (χ4v) is 12.3. The third-order valence-corrected chi connectivity index (χ3v) is 18.0. The Morgan fingerprint density at radius 1 is 0.843 bits per heavy atom. The number of cyclic esters (lactones) is 1. The quantitative estimate of drug-likeness (QED) is 0.0831. The molecule has 0 aromatic heterocycles. The van der Waals surface area contributed by atoms with Crippen molar-refractivity contribution in [3.05, 3.63) is 47.6 Å². The van der Waals surface area contributed by atoms with E-state index in [1.807, 2.05) is 58.1 Å². The van der Waals surface area contributed by atoms with Gasteiger partial charge in [-0.1, -0.05) is 71.1 Å². The van der Waals surface area contributed by atoms with Gasteiger partial charge in [0.05, 0.1) is 58.0 Å². The first-order valence-corrected chi connectivity index (χ1v) is 30.6. The number of methoxy groups -OCH3 is 2. The summed E-state index contributed by atoms with van der Waals surface area (Å²) in [4.78, 5) is 90.6. The monoisotopic (exact) mass is 1170 g/mol. The molecule has 0 spiro atoms. The number of likely N-dealkylation sites (N-methyl/N-ethyl adjacent to an activating group) is 1. The van der Waals surface area contributed by atoms with E-state index in [1.165, 1.54) is 12.0 Å². The van der Waals surface area contributed by atoms with Crippen molar-refractivity contribution in [2.24, 2.45) is 35.5 Å². The SMILES string of the molecule is CO[C@@H]1C[C@H](C[C@@H](C)[C@@H]2CC(=O)[C@H](C)/C=C(\C)[C@@H](O)[C@@H](OC)C(=O)[C@H](C)C[C@H](C)/C=C/C=C/C=C(\C)[C@H](OCCOC3COC3)C[C@@H]3CC[C@@H](C)[C@@](O)(O3)C(=O)C(=O)N3CCCC[C@H]3C(=O)O2)CC[C@H]1OC(=O)N(C)CCN1CCOCC1. The molecule has 0 aromatic rings. The number of carbonyl (C=O) groups is 6. The number of ketones is 3. The van der Waals surface area contributed by atoms with Gasteiger partial charge in [-0.15, -0.1) is 0 Å². The molecule has 15 atom stereocenters. The molecule has 0 aromatic carbocycles. The van der Waals surface area contributed by atoms with Gasteiger partial charge in [0.25, 0.3) is 11.7 Å². The van der Waals surface area contributed by atoms with Crippen LogP contribution in [0.2, 0.25) is 0 Å². The zero-order valence-corrected chi connectivity index (χ0v) is 51.2. The lowest BCUT2D eigenvalue weighted by molar-refractivity contribution is -0.266. The normalized spacial score (nSPS) is 36.5. The van der Waals surface area contributed by atoms with Gasteiger partial charge in [-0.3, -0.25) is 24.1 Å². The second-order valence-electron chi connectivity index (χ2n) is 24.5. The lowest BCUT2D eigenvalue weighted by atomic mass is 9.78. The van der Waals surface area contributed by atoms with E-state index >= 15 is 0 Å². The number of carbonyl (C=O) groups excluding carboxylic acids is 6. The van der Waals surface area contributed by atoms with E-state index < -0.39 is 102 Å². The number of allylic oxidation sites excluding steroid dienone is 6. The molecule has 4 saturated heterocycles. The highest BCUT2D eigenvalue weighted by Gasteiger charge is 2.53. The van der Waals surface area contributed by atoms with E-state index in [0.29, 0.717) is 109 Å². The number of rotatable bonds is 14. The molecular weight excluding hydrogens is 1070 g/mol. The predicted octanol–water partition coefficient (Wildman–Crippen LogP) is 6.37. The maximum Gasteiger partial charge on any atom is 0.409 e. The van der Waals surface area contributed by atoms with Crippen LogP contribution in [-0.2, 0) is 66.6 Å². The standard InChI is InChI=1S/C63H99N3O17/c1-40-16-12-11-13-17-41(2)53(80-31-30-79-49-38-78-39-49)36-48-21-19-46(7)63(74,83-48)59(70)60(71)66-23-15-14-18-50(66)61(72)81-54(37-51(67)42(3)33-45(6)57(69)58(76-10)56(68)44(5)32-40)43(4)34-47-20-22-52(55(35-47)75-9)82-62(73)64(8)24-25-65-26-28-77-29-27-65/h11-13,16-17,33,40,42-44,46-50,52-55,57-58,69,74H,14-15,18-32,34-39H2,1-10H3/b13-11+,16-12+,41-17+,45-33+/t40-,42-,43-,44-,46-,47+,48+,50+,52-,53-,54+,55-,57-,58+,63-/m1/s1. The average Bonchev–Trinajstić information content (AvgIpc) is 3.63. The Bertz CT molecular complexity index is 2260. The molecule has 2 amide bonds. The number of nitrogens with zero attached hydrogens (tertiary/aromatic N) is 3. The summed E-state index contributed by atoms with van der Waals surface area (Å²) in [7, 11) is 4.70. The molecule has 5 fully saturated rings. The average molecular weight is 1170 g/mol. The molecule has 5 heterocycles. The number of ether oxygens (including phenoxy) is 9. The summed E-state index contributed by atoms with van der Waals surface area (Å²) in [5.41, 5.74) is 1.22. The number of morpholine rings is 1. The van der Waals surface area contributed by atoms with Gasteiger partial charge in [-0.25, -0.2) is 9.59 Å². The molecule has 5 aliphatic heterocycles. The van der Waals surface area contributed by atoms with E-state index in [9.17, 15) is 39.0 Å². The third-order valence-electron chi connectivity index (χ3n) is 18.0. The predicted molar refractivity (Wildman–Crippen MR) is 309 cm³/mol. The summed E-state index contributed by atoms with van der Waals surface area (Å²) >= 11 is 0. The number of amides is 2. The molecule has 6 aliphatic rings. The van der Waals surface area contributed by atoms with Crippen molar-refractivity contribution in [3.63, 3.8) is 0 Å². The third kappa shape index (κ3) is 19.4. The van der Waals surface area contributed by atoms with E-state index in [0.717, 1.165) is 18.7 Å². The molecule has 0 unspecified atom stereocenters. The Labute approximate surface area is 492 Å². The van der Waals surface area contributed by atoms with Crippen LogP contribution in [0.3, 0.4) is 0 Å². The van der Waals surface area contributed by atoms with Gasteiger partial charge >= 0.3 is 12.1 Å². The van der Waals surface area contributed by atoms with Crippen molar-refractivity contribution in [1.29, 1.82) is 0 Å². The van der Waals surface area contributed by atoms with Crippen LogP contribution in [0.5, 0.6) is 0 Å². The number of aliphatic hydroxyl groups is 2. The Morgan fingerprint density at radius 3 is 2.28 bits per heavy atom. The molecule has 83 heavy (non-hydrogen) atoms. The molecule has 2 bridgehead atoms. The topological polar surface area (TPSA) is 236 Å². The largest absolute Gasteiger partial charge is 0.460 e. The fourth-order valence-electron chi connectivity index (χ4n) is 12.3. The first-order chi connectivity index (χ1) is 39.6. The van der Waals surface area contributed by atoms with Crippen molar-refractivity contribution < 1.29 is 81.6 Å². The van der Waals surface area contributed by atoms with Gasteiger partial charge in [0.2, 0.25) is 5.79 Å². The summed E-state index contributed by atoms with van der Waals surface area (Å²) in [6.45, 7) is 18.5. The Hall–Kier alpha value is -4.22. The smallest absolute Gasteiger partial charge is 0.409 e. The number of Topliss-reactive ketones (excluding diaryl/α,β-unsaturated/α-hetero) is 3. The van der Waals surface area contributed by atoms with Crippen LogP contribution in [0.15, 0.2) is 47.6 Å². The number of hydrogen-bond donors (Lipinski definition) is 2. The van der Waals surface area contributed by atoms with Gasteiger partial charge in [0, 0.05) is 84.6 Å². The Kier molecular flexibility index (Phi) is 27.0. The maximum absolute atomic E-state index is 14.7. The van der Waals surface area contributed by atoms with E-state index in [1.54, 1.807) is 45.9 Å². The number of hydrogen-bond acceptors (Lipinski definition) is 18. The molecule has 1 aliphatic carbocycles. The van der Waals surface area contributed by atoms with Crippen LogP contribution in [0.4, 0.5) is 4.79 Å². The number of fused-ring (bicyclic) bond motifs is 3. The van der Waals surface area contributed by atoms with Crippen molar-refractivity contribution in [2.75, 3.05) is 93.6 Å². The van der Waals surface area contributed by atoms with Gasteiger partial charge in [-0.05, 0) is 107 Å². The Balaban J connectivity index is 1.24. The summed E-state index contributed by atoms with van der Waals surface area (Å²) in [5.74, 6) is -8.48. The molecule has 0 radical (unpaired) electrons. The molecular formula is C63H99N3O17. The van der Waals surface area contributed by atoms with Crippen LogP contribution in [-0.4, -0.2) is 215 Å². The molecule has 2 N–H and O–H groups in total. The Morgan fingerprint density at radius 2 is 1.58 bits per heavy atom. The van der Waals surface area contributed by atoms with Gasteiger partial charge in [-0.2, -0.15) is 0 Å². The van der Waals surface area contributed by atoms with Crippen LogP contribution in [0, 0.1) is 35.5 Å². The highest BCUT2D eigenvalue weighted by atomic mass is 16.6. The molecule has 468 valence electrons. The highest BCUT2D eigenvalue weighted by molar-refractivity contribution is 6.39. The zero-order valence-electron chi connectivity index (χ0n) is 51.2. The van der Waals surface area contributed by atoms with Gasteiger partial charge in [0.1, 0.15) is 42.3 Å². The van der Waals surface area contributed by atoms with Crippen LogP contribution in [0.25, 0.3) is 0 Å². The first kappa shape index (κ1) is 67.9. The summed E-state index contributed by atoms with van der Waals surface area (Å²) < 4.78 is 53.3. The summed E-state index contributed by atoms with van der Waals surface area (Å²) in [6.07, 6.45) is 10.0. The van der Waals surface area contributed by atoms with Gasteiger partial charge in [0.15, 0.2) is 5.78 Å². The van der Waals surface area contributed by atoms with Crippen LogP contribution < -0.4 is 0 Å². The highest BCUT2D eigenvalue weighted by Crippen LogP contribution is 2.38. The van der Waals surface area contributed by atoms with Crippen LogP contribution in [0.1, 0.15) is 126 Å². The zero-order chi connectivity index (χ0) is 60.4. The van der Waals surface area contributed by atoms with E-state index in [-0.39, 0.29) is 61.9 Å². The summed E-state index contributed by atoms with van der Waals surface area (Å²) in [5, 5.41) is 23.9. The molecule has 1 saturated carbocycles. The van der Waals surface area contributed by atoms with Crippen molar-refractivity contribution >= 4 is 35.3 Å². The number of aliphatic hydroxyl groups excluding tert-OH is 1. The van der Waals surface area contributed by atoms with Gasteiger partial charge < -0.3 is 62.6 Å². The number of esters is 1. The number of piperidine rings is 1. The van der Waals surface area contributed by atoms with E-state index in [4.69, 9.17) is 42.6 Å². The minimum Gasteiger partial charge on any atom is -0.460 e. The molecule has 20 nitrogen and oxygen atoms in total. The second-order valence-corrected chi connectivity index (χ2v) is 24.5. The minimum absolute atomic E-state index is 0.00821.